The fourth-order valence-corrected chi connectivity index (χ4v) is 1.15. The molecule has 6 nitrogen and oxygen atoms in total. The van der Waals surface area contributed by atoms with Crippen molar-refractivity contribution in [3.63, 3.8) is 0 Å². The number of hydrogen-bond donors (Lipinski definition) is 2. The number of hydrogen-bond acceptors (Lipinski definition) is 4. The quantitative estimate of drug-likeness (QED) is 0.368. The first-order valence-electron chi connectivity index (χ1n) is 2.66. The van der Waals surface area contributed by atoms with Crippen LogP contribution in [0, 0.1) is 0 Å². The van der Waals surface area contributed by atoms with Gasteiger partial charge in [0.05, 0.1) is 5.75 Å². The van der Waals surface area contributed by atoms with Gasteiger partial charge in [0.25, 0.3) is 10.1 Å². The van der Waals surface area contributed by atoms with Crippen LogP contribution in [0.1, 0.15) is 6.42 Å². The van der Waals surface area contributed by atoms with E-state index in [0.29, 0.717) is 0 Å². The van der Waals surface area contributed by atoms with Crippen LogP contribution >= 0.6 is 8.25 Å². The summed E-state index contributed by atoms with van der Waals surface area (Å²) in [5.41, 5.74) is 0. The van der Waals surface area contributed by atoms with Gasteiger partial charge in [0.15, 0.2) is 0 Å². The van der Waals surface area contributed by atoms with Crippen LogP contribution in [0.3, 0.4) is 0 Å². The maximum Gasteiger partial charge on any atom is 0.694 e. The van der Waals surface area contributed by atoms with Crippen molar-refractivity contribution in [2.24, 2.45) is 0 Å². The Morgan fingerprint density at radius 2 is 2.00 bits per heavy atom. The van der Waals surface area contributed by atoms with Gasteiger partial charge in [-0.1, -0.05) is 0 Å². The van der Waals surface area contributed by atoms with Gasteiger partial charge in [-0.25, -0.2) is 0 Å². The molecule has 0 aliphatic carbocycles. The van der Waals surface area contributed by atoms with Crippen LogP contribution in [0.25, 0.3) is 0 Å². The summed E-state index contributed by atoms with van der Waals surface area (Å²) in [5, 5.41) is 0. The van der Waals surface area contributed by atoms with E-state index in [9.17, 15) is 13.0 Å². The molecule has 1 atom stereocenters. The van der Waals surface area contributed by atoms with Crippen molar-refractivity contribution in [1.82, 2.24) is 0 Å². The lowest BCUT2D eigenvalue weighted by molar-refractivity contribution is 0.281. The molecule has 0 radical (unpaired) electrons. The molecule has 0 spiro atoms. The summed E-state index contributed by atoms with van der Waals surface area (Å²) < 4.78 is 42.2. The molecular weight excluding hydrogens is 195 g/mol. The third-order valence-corrected chi connectivity index (χ3v) is 1.96. The van der Waals surface area contributed by atoms with E-state index in [1.165, 1.54) is 0 Å². The highest BCUT2D eigenvalue weighted by Crippen LogP contribution is 2.14. The maximum atomic E-state index is 10.0. The third kappa shape index (κ3) is 9.93. The minimum Gasteiger partial charge on any atom is -0.286 e. The van der Waals surface area contributed by atoms with Gasteiger partial charge in [-0.05, 0) is 6.42 Å². The lowest BCUT2D eigenvalue weighted by atomic mass is 10.5. The first-order valence-corrected chi connectivity index (χ1v) is 5.40. The lowest BCUT2D eigenvalue weighted by Crippen LogP contribution is -2.05. The van der Waals surface area contributed by atoms with E-state index in [2.05, 4.69) is 4.52 Å². The Morgan fingerprint density at radius 1 is 1.45 bits per heavy atom. The molecule has 0 aromatic carbocycles. The van der Waals surface area contributed by atoms with Gasteiger partial charge in [0.1, 0.15) is 6.61 Å². The van der Waals surface area contributed by atoms with E-state index in [1.54, 1.807) is 0 Å². The van der Waals surface area contributed by atoms with Gasteiger partial charge in [-0.2, -0.15) is 8.42 Å². The predicted octanol–water partition coefficient (Wildman–Crippen LogP) is -0.0694. The van der Waals surface area contributed by atoms with Crippen molar-refractivity contribution in [3.8, 4) is 0 Å². The molecule has 2 N–H and O–H groups in total. The Morgan fingerprint density at radius 3 is 2.36 bits per heavy atom. The smallest absolute Gasteiger partial charge is 0.286 e. The molecule has 8 heteroatoms. The van der Waals surface area contributed by atoms with Crippen molar-refractivity contribution in [2.45, 2.75) is 6.42 Å². The van der Waals surface area contributed by atoms with Gasteiger partial charge in [0.2, 0.25) is 0 Å². The van der Waals surface area contributed by atoms with Crippen LogP contribution in [0.5, 0.6) is 0 Å². The predicted molar refractivity (Wildman–Crippen MR) is 36.8 cm³/mol. The molecule has 0 heterocycles. The largest absolute Gasteiger partial charge is 0.694 e. The lowest BCUT2D eigenvalue weighted by Gasteiger charge is -1.90. The van der Waals surface area contributed by atoms with E-state index in [4.69, 9.17) is 9.45 Å². The highest BCUT2D eigenvalue weighted by Gasteiger charge is 2.12. The Labute approximate surface area is 64.9 Å². The average Bonchev–Trinajstić information content (AvgIpc) is 1.78. The molecule has 0 aromatic rings. The van der Waals surface area contributed by atoms with E-state index in [1.807, 2.05) is 0 Å². The first-order chi connectivity index (χ1) is 4.92. The van der Waals surface area contributed by atoms with Crippen LogP contribution in [0.4, 0.5) is 0 Å². The van der Waals surface area contributed by atoms with Crippen LogP contribution in [-0.4, -0.2) is 30.2 Å². The molecule has 0 saturated carbocycles. The molecular formula is C3H8O6PS+. The van der Waals surface area contributed by atoms with E-state index in [-0.39, 0.29) is 13.0 Å². The summed E-state index contributed by atoms with van der Waals surface area (Å²) in [6.45, 7) is -0.161. The molecule has 11 heavy (non-hydrogen) atoms. The van der Waals surface area contributed by atoms with Gasteiger partial charge in [-0.3, -0.25) is 4.55 Å². The van der Waals surface area contributed by atoms with Gasteiger partial charge >= 0.3 is 8.25 Å². The summed E-state index contributed by atoms with van der Waals surface area (Å²) in [7, 11) is -6.65. The zero-order chi connectivity index (χ0) is 8.91. The fraction of sp³-hybridized carbons (Fsp3) is 1.00. The van der Waals surface area contributed by atoms with E-state index in [0.717, 1.165) is 0 Å². The molecule has 0 saturated heterocycles. The Kier molecular flexibility index (Phi) is 4.71. The Hall–Kier alpha value is -0.0700. The topological polar surface area (TPSA) is 101 Å². The van der Waals surface area contributed by atoms with Crippen molar-refractivity contribution in [3.05, 3.63) is 0 Å². The van der Waals surface area contributed by atoms with Crippen LogP contribution in [0.2, 0.25) is 0 Å². The molecule has 0 amide bonds. The maximum absolute atomic E-state index is 10.0. The fourth-order valence-electron chi connectivity index (χ4n) is 0.384. The highest BCUT2D eigenvalue weighted by molar-refractivity contribution is 7.85. The minimum atomic E-state index is -3.98. The average molecular weight is 203 g/mol. The van der Waals surface area contributed by atoms with Gasteiger partial charge in [0, 0.05) is 4.57 Å². The van der Waals surface area contributed by atoms with Gasteiger partial charge < -0.3 is 0 Å². The van der Waals surface area contributed by atoms with Crippen LogP contribution in [-0.2, 0) is 19.2 Å². The summed E-state index contributed by atoms with van der Waals surface area (Å²) in [6.07, 6.45) is 0.000463. The molecule has 66 valence electrons. The third-order valence-electron chi connectivity index (χ3n) is 0.748. The van der Waals surface area contributed by atoms with Crippen molar-refractivity contribution < 1.29 is 27.0 Å². The molecule has 0 aromatic heterocycles. The standard InChI is InChI=1S/C3H7O6PS/c4-10(5)9-2-1-3-11(6,7)8/h1-3H2,(H-,4,5,6,7,8)/p+1. The summed E-state index contributed by atoms with van der Waals surface area (Å²) in [6, 6.07) is 0. The van der Waals surface area contributed by atoms with E-state index >= 15 is 0 Å². The summed E-state index contributed by atoms with van der Waals surface area (Å²) in [5.74, 6) is -0.462. The second kappa shape index (κ2) is 4.74. The van der Waals surface area contributed by atoms with Crippen molar-refractivity contribution in [2.75, 3.05) is 12.4 Å². The highest BCUT2D eigenvalue weighted by atomic mass is 32.2. The molecule has 0 aliphatic heterocycles. The molecule has 0 bridgehead atoms. The summed E-state index contributed by atoms with van der Waals surface area (Å²) >= 11 is 0. The second-order valence-electron chi connectivity index (χ2n) is 1.71. The normalized spacial score (nSPS) is 13.1. The van der Waals surface area contributed by atoms with Crippen LogP contribution in [0.15, 0.2) is 0 Å². The van der Waals surface area contributed by atoms with Crippen molar-refractivity contribution in [1.29, 1.82) is 0 Å². The minimum absolute atomic E-state index is 0.000463. The second-order valence-corrected chi connectivity index (χ2v) is 4.02. The Bertz CT molecular complexity index is 220. The molecule has 0 rings (SSSR count). The van der Waals surface area contributed by atoms with E-state index < -0.39 is 24.1 Å². The molecule has 0 aliphatic rings. The van der Waals surface area contributed by atoms with Gasteiger partial charge in [-0.15, -0.1) is 9.42 Å². The Balaban J connectivity index is 3.37. The van der Waals surface area contributed by atoms with Crippen LogP contribution < -0.4 is 0 Å². The number of rotatable bonds is 5. The summed E-state index contributed by atoms with van der Waals surface area (Å²) in [4.78, 5) is 8.06. The molecule has 1 unspecified atom stereocenters. The first kappa shape index (κ1) is 10.9. The zero-order valence-corrected chi connectivity index (χ0v) is 7.22. The SMILES string of the molecule is O=[P+](O)OCCCS(=O)(=O)O. The monoisotopic (exact) mass is 203 g/mol. The van der Waals surface area contributed by atoms with Crippen molar-refractivity contribution >= 4 is 18.4 Å². The molecule has 0 fully saturated rings. The zero-order valence-electron chi connectivity index (χ0n) is 5.50.